The minimum Gasteiger partial charge on any atom is -0.398 e. The highest BCUT2D eigenvalue weighted by Crippen LogP contribution is 2.26. The maximum atomic E-state index is 8.35. The van der Waals surface area contributed by atoms with E-state index in [-0.39, 0.29) is 0 Å². The van der Waals surface area contributed by atoms with Crippen molar-refractivity contribution in [2.75, 3.05) is 5.73 Å². The molecular weight excluding hydrogens is 294 g/mol. The van der Waals surface area contributed by atoms with Crippen LogP contribution in [0.4, 0.5) is 5.69 Å². The molecule has 0 saturated carbocycles. The number of nitrogen functional groups attached to an aromatic ring is 1. The van der Waals surface area contributed by atoms with Gasteiger partial charge in [-0.15, -0.1) is 0 Å². The molecule has 2 aromatic carbocycles. The minimum atomic E-state index is 0.389. The summed E-state index contributed by atoms with van der Waals surface area (Å²) in [4.78, 5) is 4.20. The average Bonchev–Trinajstić information content (AvgIpc) is 2.61. The molecule has 3 nitrogen and oxygen atoms in total. The minimum absolute atomic E-state index is 0.389. The van der Waals surface area contributed by atoms with Gasteiger partial charge < -0.3 is 11.1 Å². The van der Waals surface area contributed by atoms with Crippen molar-refractivity contribution in [1.82, 2.24) is 4.98 Å². The molecule has 0 saturated heterocycles. The van der Waals surface area contributed by atoms with Crippen LogP contribution in [0.2, 0.25) is 0 Å². The Morgan fingerprint density at radius 3 is 2.62 bits per heavy atom. The quantitative estimate of drug-likeness (QED) is 0.540. The summed E-state index contributed by atoms with van der Waals surface area (Å²) in [5, 5.41) is 8.35. The molecule has 0 radical (unpaired) electrons. The maximum Gasteiger partial charge on any atom is 0.0633 e. The standard InChI is InChI=1S/C21H19N3/c1-15-11-12-24-14-19(15)17-8-10-21(23)18(13-17)20(22)9-7-16-5-3-2-4-6-16/h2-14,22H,23H2,1H3/b9-7+,22-20?. The fraction of sp³-hybridized carbons (Fsp3) is 0.0476. The summed E-state index contributed by atoms with van der Waals surface area (Å²) >= 11 is 0. The van der Waals surface area contributed by atoms with Gasteiger partial charge in [0.05, 0.1) is 5.71 Å². The lowest BCUT2D eigenvalue weighted by atomic mass is 9.97. The lowest BCUT2D eigenvalue weighted by Gasteiger charge is -2.10. The summed E-state index contributed by atoms with van der Waals surface area (Å²) in [5.41, 5.74) is 12.1. The van der Waals surface area contributed by atoms with Crippen LogP contribution in [0.15, 0.2) is 73.1 Å². The number of rotatable bonds is 4. The van der Waals surface area contributed by atoms with Gasteiger partial charge in [0.25, 0.3) is 0 Å². The molecule has 1 heterocycles. The highest BCUT2D eigenvalue weighted by molar-refractivity contribution is 6.12. The van der Waals surface area contributed by atoms with E-state index < -0.39 is 0 Å². The van der Waals surface area contributed by atoms with E-state index in [0.717, 1.165) is 27.8 Å². The van der Waals surface area contributed by atoms with Crippen molar-refractivity contribution >= 4 is 17.5 Å². The highest BCUT2D eigenvalue weighted by Gasteiger charge is 2.08. The third-order valence-electron chi connectivity index (χ3n) is 3.94. The fourth-order valence-electron chi connectivity index (χ4n) is 2.56. The zero-order chi connectivity index (χ0) is 16.9. The molecule has 0 spiro atoms. The number of pyridine rings is 1. The van der Waals surface area contributed by atoms with Crippen LogP contribution in [0.3, 0.4) is 0 Å². The number of hydrogen-bond acceptors (Lipinski definition) is 3. The number of nitrogens with two attached hydrogens (primary N) is 1. The number of nitrogens with zero attached hydrogens (tertiary/aromatic N) is 1. The van der Waals surface area contributed by atoms with Crippen LogP contribution in [0.1, 0.15) is 16.7 Å². The van der Waals surface area contributed by atoms with Crippen LogP contribution in [0.25, 0.3) is 17.2 Å². The van der Waals surface area contributed by atoms with Crippen molar-refractivity contribution < 1.29 is 0 Å². The average molecular weight is 313 g/mol. The molecule has 0 aliphatic heterocycles. The fourth-order valence-corrected chi connectivity index (χ4v) is 2.56. The van der Waals surface area contributed by atoms with Gasteiger partial charge in [0.15, 0.2) is 0 Å². The smallest absolute Gasteiger partial charge is 0.0633 e. The van der Waals surface area contributed by atoms with Crippen molar-refractivity contribution in [3.8, 4) is 11.1 Å². The van der Waals surface area contributed by atoms with Gasteiger partial charge in [-0.25, -0.2) is 0 Å². The number of nitrogens with one attached hydrogen (secondary N) is 1. The number of aromatic nitrogens is 1. The molecule has 118 valence electrons. The number of hydrogen-bond donors (Lipinski definition) is 2. The van der Waals surface area contributed by atoms with Gasteiger partial charge in [0, 0.05) is 29.2 Å². The van der Waals surface area contributed by atoms with Crippen molar-refractivity contribution in [2.45, 2.75) is 6.92 Å². The zero-order valence-corrected chi connectivity index (χ0v) is 13.5. The Morgan fingerprint density at radius 1 is 1.08 bits per heavy atom. The van der Waals surface area contributed by atoms with E-state index in [1.807, 2.05) is 73.8 Å². The molecule has 0 fully saturated rings. The van der Waals surface area contributed by atoms with E-state index >= 15 is 0 Å². The van der Waals surface area contributed by atoms with Crippen LogP contribution in [0.5, 0.6) is 0 Å². The lowest BCUT2D eigenvalue weighted by Crippen LogP contribution is -2.01. The second kappa shape index (κ2) is 6.92. The summed E-state index contributed by atoms with van der Waals surface area (Å²) in [7, 11) is 0. The van der Waals surface area contributed by atoms with Crippen LogP contribution < -0.4 is 5.73 Å². The highest BCUT2D eigenvalue weighted by atomic mass is 14.6. The monoisotopic (exact) mass is 313 g/mol. The van der Waals surface area contributed by atoms with Crippen LogP contribution in [-0.2, 0) is 0 Å². The molecule has 0 bridgehead atoms. The van der Waals surface area contributed by atoms with Gasteiger partial charge >= 0.3 is 0 Å². The third-order valence-corrected chi connectivity index (χ3v) is 3.94. The first-order valence-electron chi connectivity index (χ1n) is 7.78. The first-order valence-corrected chi connectivity index (χ1v) is 7.78. The number of benzene rings is 2. The molecule has 1 aromatic heterocycles. The van der Waals surface area contributed by atoms with Gasteiger partial charge in [0.2, 0.25) is 0 Å². The first-order chi connectivity index (χ1) is 11.6. The van der Waals surface area contributed by atoms with Crippen LogP contribution in [-0.4, -0.2) is 10.7 Å². The number of anilines is 1. The predicted molar refractivity (Wildman–Crippen MR) is 101 cm³/mol. The van der Waals surface area contributed by atoms with Crippen molar-refractivity contribution in [3.63, 3.8) is 0 Å². The number of aryl methyl sites for hydroxylation is 1. The molecule has 0 amide bonds. The topological polar surface area (TPSA) is 62.8 Å². The molecule has 0 aliphatic rings. The lowest BCUT2D eigenvalue weighted by molar-refractivity contribution is 1.29. The molecule has 0 unspecified atom stereocenters. The van der Waals surface area contributed by atoms with E-state index in [1.165, 1.54) is 0 Å². The Hall–Kier alpha value is -3.20. The Labute approximate surface area is 142 Å². The summed E-state index contributed by atoms with van der Waals surface area (Å²) in [6, 6.07) is 17.7. The van der Waals surface area contributed by atoms with E-state index in [2.05, 4.69) is 4.98 Å². The van der Waals surface area contributed by atoms with Crippen LogP contribution in [0, 0.1) is 12.3 Å². The molecule has 24 heavy (non-hydrogen) atoms. The second-order valence-corrected chi connectivity index (χ2v) is 5.65. The maximum absolute atomic E-state index is 8.35. The zero-order valence-electron chi connectivity index (χ0n) is 13.5. The summed E-state index contributed by atoms with van der Waals surface area (Å²) in [6.07, 6.45) is 7.32. The van der Waals surface area contributed by atoms with Crippen LogP contribution >= 0.6 is 0 Å². The predicted octanol–water partition coefficient (Wildman–Crippen LogP) is 4.72. The normalized spacial score (nSPS) is 10.9. The van der Waals surface area contributed by atoms with Crippen molar-refractivity contribution in [2.24, 2.45) is 0 Å². The second-order valence-electron chi connectivity index (χ2n) is 5.65. The van der Waals surface area contributed by atoms with E-state index in [4.69, 9.17) is 11.1 Å². The van der Waals surface area contributed by atoms with Gasteiger partial charge in [-0.3, -0.25) is 4.98 Å². The molecule has 0 aliphatic carbocycles. The molecule has 0 atom stereocenters. The Morgan fingerprint density at radius 2 is 1.88 bits per heavy atom. The number of allylic oxidation sites excluding steroid dienone is 1. The Balaban J connectivity index is 1.93. The SMILES string of the molecule is Cc1ccncc1-c1ccc(N)c(C(=N)/C=C/c2ccccc2)c1. The van der Waals surface area contributed by atoms with E-state index in [9.17, 15) is 0 Å². The molecule has 3 rings (SSSR count). The van der Waals surface area contributed by atoms with E-state index in [0.29, 0.717) is 11.4 Å². The van der Waals surface area contributed by atoms with Gasteiger partial charge in [-0.2, -0.15) is 0 Å². The molecule has 3 aromatic rings. The third kappa shape index (κ3) is 3.41. The van der Waals surface area contributed by atoms with Crippen molar-refractivity contribution in [3.05, 3.63) is 89.8 Å². The molecule has 3 heteroatoms. The van der Waals surface area contributed by atoms with Gasteiger partial charge in [-0.05, 0) is 47.9 Å². The molecular formula is C21H19N3. The summed E-state index contributed by atoms with van der Waals surface area (Å²) < 4.78 is 0. The Kier molecular flexibility index (Phi) is 4.52. The molecule has 3 N–H and O–H groups in total. The Bertz CT molecular complexity index is 896. The van der Waals surface area contributed by atoms with Crippen molar-refractivity contribution in [1.29, 1.82) is 5.41 Å². The van der Waals surface area contributed by atoms with Gasteiger partial charge in [-0.1, -0.05) is 42.5 Å². The first kappa shape index (κ1) is 15.7. The van der Waals surface area contributed by atoms with Gasteiger partial charge in [0.1, 0.15) is 0 Å². The van der Waals surface area contributed by atoms with E-state index in [1.54, 1.807) is 12.3 Å². The largest absolute Gasteiger partial charge is 0.398 e. The summed E-state index contributed by atoms with van der Waals surface area (Å²) in [6.45, 7) is 2.05. The summed E-state index contributed by atoms with van der Waals surface area (Å²) in [5.74, 6) is 0.